The van der Waals surface area contributed by atoms with Gasteiger partial charge in [0, 0.05) is 11.3 Å². The normalized spacial score (nSPS) is 22.9. The summed E-state index contributed by atoms with van der Waals surface area (Å²) in [5, 5.41) is 4.22. The zero-order chi connectivity index (χ0) is 10.7. The number of aryl methyl sites for hydroxylation is 1. The highest BCUT2D eigenvalue weighted by Crippen LogP contribution is 2.35. The molecule has 0 spiro atoms. The van der Waals surface area contributed by atoms with Gasteiger partial charge in [-0.15, -0.1) is 0 Å². The zero-order valence-corrected chi connectivity index (χ0v) is 10.3. The summed E-state index contributed by atoms with van der Waals surface area (Å²) in [6.07, 6.45) is 2.73. The first kappa shape index (κ1) is 11.0. The van der Waals surface area contributed by atoms with Gasteiger partial charge in [0.1, 0.15) is 0 Å². The molecule has 1 fully saturated rings. The van der Waals surface area contributed by atoms with Gasteiger partial charge < -0.3 is 5.32 Å². The van der Waals surface area contributed by atoms with Gasteiger partial charge in [0.25, 0.3) is 0 Å². The Bertz CT molecular complexity index is 301. The van der Waals surface area contributed by atoms with Crippen molar-refractivity contribution in [3.05, 3.63) is 35.4 Å². The van der Waals surface area contributed by atoms with Crippen LogP contribution < -0.4 is 5.32 Å². The van der Waals surface area contributed by atoms with Crippen LogP contribution in [0.15, 0.2) is 24.3 Å². The van der Waals surface area contributed by atoms with Crippen molar-refractivity contribution in [3.63, 3.8) is 0 Å². The monoisotopic (exact) mass is 221 g/mol. The summed E-state index contributed by atoms with van der Waals surface area (Å²) < 4.78 is 0. The molecule has 82 valence electrons. The maximum absolute atomic E-state index is 3.46. The Morgan fingerprint density at radius 2 is 2.07 bits per heavy atom. The van der Waals surface area contributed by atoms with E-state index in [1.807, 2.05) is 0 Å². The van der Waals surface area contributed by atoms with Crippen LogP contribution in [0.1, 0.15) is 30.0 Å². The molecule has 0 aliphatic carbocycles. The minimum absolute atomic E-state index is 0.526. The molecule has 2 atom stereocenters. The highest BCUT2D eigenvalue weighted by atomic mass is 32.2. The second kappa shape index (κ2) is 5.04. The zero-order valence-electron chi connectivity index (χ0n) is 9.49. The Hall–Kier alpha value is -0.470. The van der Waals surface area contributed by atoms with Crippen molar-refractivity contribution in [2.75, 3.05) is 12.8 Å². The van der Waals surface area contributed by atoms with Crippen LogP contribution in [0, 0.1) is 6.92 Å². The van der Waals surface area contributed by atoms with E-state index in [9.17, 15) is 0 Å². The number of rotatable bonds is 3. The summed E-state index contributed by atoms with van der Waals surface area (Å²) in [5.41, 5.74) is 2.77. The molecule has 1 aromatic rings. The summed E-state index contributed by atoms with van der Waals surface area (Å²) in [6.45, 7) is 2.14. The highest BCUT2D eigenvalue weighted by Gasteiger charge is 2.25. The minimum Gasteiger partial charge on any atom is -0.312 e. The van der Waals surface area contributed by atoms with E-state index in [4.69, 9.17) is 0 Å². The fraction of sp³-hybridized carbons (Fsp3) is 0.538. The van der Waals surface area contributed by atoms with E-state index in [2.05, 4.69) is 55.3 Å². The van der Waals surface area contributed by atoms with Gasteiger partial charge in [-0.25, -0.2) is 0 Å². The molecule has 1 nitrogen and oxygen atoms in total. The molecule has 0 radical (unpaired) electrons. The fourth-order valence-electron chi connectivity index (χ4n) is 2.21. The van der Waals surface area contributed by atoms with Crippen LogP contribution in [-0.2, 0) is 0 Å². The van der Waals surface area contributed by atoms with Crippen molar-refractivity contribution < 1.29 is 0 Å². The Balaban J connectivity index is 2.14. The SMILES string of the molecule is CNC(c1ccc(C)cc1)C1CCCS1. The van der Waals surface area contributed by atoms with E-state index in [1.54, 1.807) is 0 Å². The van der Waals surface area contributed by atoms with Crippen molar-refractivity contribution in [1.29, 1.82) is 0 Å². The predicted molar refractivity (Wildman–Crippen MR) is 68.5 cm³/mol. The van der Waals surface area contributed by atoms with E-state index in [0.717, 1.165) is 5.25 Å². The molecule has 0 amide bonds. The van der Waals surface area contributed by atoms with Crippen molar-refractivity contribution in [1.82, 2.24) is 5.32 Å². The second-order valence-corrected chi connectivity index (χ2v) is 5.58. The van der Waals surface area contributed by atoms with Gasteiger partial charge in [0.2, 0.25) is 0 Å². The second-order valence-electron chi connectivity index (χ2n) is 4.23. The van der Waals surface area contributed by atoms with Gasteiger partial charge in [0.05, 0.1) is 0 Å². The lowest BCUT2D eigenvalue weighted by Crippen LogP contribution is -2.25. The minimum atomic E-state index is 0.526. The molecule has 1 heterocycles. The number of benzene rings is 1. The first-order chi connectivity index (χ1) is 7.31. The van der Waals surface area contributed by atoms with Gasteiger partial charge in [0.15, 0.2) is 0 Å². The molecular formula is C13H19NS. The van der Waals surface area contributed by atoms with Crippen LogP contribution in [0.25, 0.3) is 0 Å². The summed E-state index contributed by atoms with van der Waals surface area (Å²) in [6, 6.07) is 9.46. The van der Waals surface area contributed by atoms with Crippen molar-refractivity contribution in [2.24, 2.45) is 0 Å². The van der Waals surface area contributed by atoms with Crippen LogP contribution >= 0.6 is 11.8 Å². The quantitative estimate of drug-likeness (QED) is 0.841. The molecule has 1 aliphatic rings. The van der Waals surface area contributed by atoms with Crippen LogP contribution in [0.5, 0.6) is 0 Å². The summed E-state index contributed by atoms with van der Waals surface area (Å²) in [7, 11) is 2.07. The lowest BCUT2D eigenvalue weighted by Gasteiger charge is -2.22. The Labute approximate surface area is 96.7 Å². The van der Waals surface area contributed by atoms with Crippen LogP contribution in [-0.4, -0.2) is 18.1 Å². The van der Waals surface area contributed by atoms with Crippen molar-refractivity contribution >= 4 is 11.8 Å². The number of hydrogen-bond acceptors (Lipinski definition) is 2. The predicted octanol–water partition coefficient (Wildman–Crippen LogP) is 3.15. The molecule has 1 aliphatic heterocycles. The topological polar surface area (TPSA) is 12.0 Å². The maximum Gasteiger partial charge on any atom is 0.0438 e. The highest BCUT2D eigenvalue weighted by molar-refractivity contribution is 8.00. The lowest BCUT2D eigenvalue weighted by molar-refractivity contribution is 0.552. The Morgan fingerprint density at radius 1 is 1.33 bits per heavy atom. The van der Waals surface area contributed by atoms with E-state index in [0.29, 0.717) is 6.04 Å². The van der Waals surface area contributed by atoms with Gasteiger partial charge >= 0.3 is 0 Å². The van der Waals surface area contributed by atoms with E-state index >= 15 is 0 Å². The molecule has 15 heavy (non-hydrogen) atoms. The largest absolute Gasteiger partial charge is 0.312 e. The van der Waals surface area contributed by atoms with E-state index < -0.39 is 0 Å². The van der Waals surface area contributed by atoms with Crippen molar-refractivity contribution in [3.8, 4) is 0 Å². The summed E-state index contributed by atoms with van der Waals surface area (Å²) >= 11 is 2.11. The van der Waals surface area contributed by atoms with Crippen LogP contribution in [0.4, 0.5) is 0 Å². The molecule has 2 unspecified atom stereocenters. The summed E-state index contributed by atoms with van der Waals surface area (Å²) in [4.78, 5) is 0. The molecule has 0 aromatic heterocycles. The summed E-state index contributed by atoms with van der Waals surface area (Å²) in [5.74, 6) is 1.33. The van der Waals surface area contributed by atoms with E-state index in [1.165, 1.54) is 29.7 Å². The first-order valence-corrected chi connectivity index (χ1v) is 6.71. The molecule has 0 bridgehead atoms. The number of hydrogen-bond donors (Lipinski definition) is 1. The third-order valence-corrected chi connectivity index (χ3v) is 4.54. The number of thioether (sulfide) groups is 1. The molecule has 1 saturated heterocycles. The Kier molecular flexibility index (Phi) is 3.71. The maximum atomic E-state index is 3.46. The lowest BCUT2D eigenvalue weighted by atomic mass is 10.00. The average Bonchev–Trinajstić information content (AvgIpc) is 2.75. The standard InChI is InChI=1S/C13H19NS/c1-10-5-7-11(8-6-10)13(14-2)12-4-3-9-15-12/h5-8,12-14H,3-4,9H2,1-2H3. The smallest absolute Gasteiger partial charge is 0.0438 e. The molecular weight excluding hydrogens is 202 g/mol. The van der Waals surface area contributed by atoms with Gasteiger partial charge in [-0.2, -0.15) is 11.8 Å². The van der Waals surface area contributed by atoms with Gasteiger partial charge in [-0.05, 0) is 38.1 Å². The molecule has 1 N–H and O–H groups in total. The van der Waals surface area contributed by atoms with E-state index in [-0.39, 0.29) is 0 Å². The van der Waals surface area contributed by atoms with Crippen LogP contribution in [0.2, 0.25) is 0 Å². The van der Waals surface area contributed by atoms with Gasteiger partial charge in [-0.1, -0.05) is 29.8 Å². The van der Waals surface area contributed by atoms with Gasteiger partial charge in [-0.3, -0.25) is 0 Å². The molecule has 2 heteroatoms. The molecule has 2 rings (SSSR count). The molecule has 1 aromatic carbocycles. The van der Waals surface area contributed by atoms with Crippen LogP contribution in [0.3, 0.4) is 0 Å². The first-order valence-electron chi connectivity index (χ1n) is 5.66. The van der Waals surface area contributed by atoms with Crippen molar-refractivity contribution in [2.45, 2.75) is 31.1 Å². The molecule has 0 saturated carbocycles. The third-order valence-electron chi connectivity index (χ3n) is 3.08. The third kappa shape index (κ3) is 2.56. The average molecular weight is 221 g/mol. The fourth-order valence-corrected chi connectivity index (χ4v) is 3.66. The Morgan fingerprint density at radius 3 is 2.60 bits per heavy atom. The number of nitrogens with one attached hydrogen (secondary N) is 1.